The predicted molar refractivity (Wildman–Crippen MR) is 107 cm³/mol. The highest BCUT2D eigenvalue weighted by Crippen LogP contribution is 2.33. The van der Waals surface area contributed by atoms with E-state index in [1.165, 1.54) is 0 Å². The second kappa shape index (κ2) is 6.51. The molecule has 0 bridgehead atoms. The molecule has 0 spiro atoms. The lowest BCUT2D eigenvalue weighted by atomic mass is 10.2. The molecular formula is C21H17N7O2. The zero-order chi connectivity index (χ0) is 20.1. The average Bonchev–Trinajstić information content (AvgIpc) is 3.53. The van der Waals surface area contributed by atoms with E-state index in [-0.39, 0.29) is 6.10 Å². The van der Waals surface area contributed by atoms with Gasteiger partial charge in [-0.1, -0.05) is 11.3 Å². The summed E-state index contributed by atoms with van der Waals surface area (Å²) in [5, 5.41) is 8.39. The molecule has 1 aromatic carbocycles. The first-order chi connectivity index (χ1) is 14.8. The summed E-state index contributed by atoms with van der Waals surface area (Å²) in [6, 6.07) is 9.77. The number of aromatic nitrogens is 6. The largest absolute Gasteiger partial charge is 0.497 e. The van der Waals surface area contributed by atoms with E-state index in [1.54, 1.807) is 25.8 Å². The number of hydrogen-bond donors (Lipinski definition) is 0. The lowest BCUT2D eigenvalue weighted by Crippen LogP contribution is -2.10. The van der Waals surface area contributed by atoms with Gasteiger partial charge in [-0.2, -0.15) is 0 Å². The van der Waals surface area contributed by atoms with Gasteiger partial charge in [0, 0.05) is 30.4 Å². The molecule has 1 unspecified atom stereocenters. The van der Waals surface area contributed by atoms with Gasteiger partial charge in [-0.15, -0.1) is 5.10 Å². The van der Waals surface area contributed by atoms with Crippen molar-refractivity contribution < 1.29 is 9.47 Å². The van der Waals surface area contributed by atoms with Crippen molar-refractivity contribution in [3.63, 3.8) is 0 Å². The standard InChI is InChI=1S/C21H17N7O2/c1-29-15-4-5-16-17(8-15)28-14(10-25-26-28)7-18-20(24-12-27(16)18)21-23-11-19(30-21)13-3-2-6-22-9-13/h2-6,8-10,12,19H,7,11H2,1H3. The highest BCUT2D eigenvalue weighted by atomic mass is 16.5. The van der Waals surface area contributed by atoms with Crippen LogP contribution in [0.3, 0.4) is 0 Å². The fraction of sp³-hybridized carbons (Fsp3) is 0.190. The van der Waals surface area contributed by atoms with Crippen molar-refractivity contribution in [3.05, 3.63) is 77.9 Å². The van der Waals surface area contributed by atoms with Gasteiger partial charge >= 0.3 is 0 Å². The maximum absolute atomic E-state index is 6.17. The summed E-state index contributed by atoms with van der Waals surface area (Å²) in [5.41, 5.74) is 5.49. The number of rotatable bonds is 3. The fourth-order valence-electron chi connectivity index (χ4n) is 3.93. The van der Waals surface area contributed by atoms with E-state index in [2.05, 4.69) is 29.8 Å². The van der Waals surface area contributed by atoms with Gasteiger partial charge in [-0.05, 0) is 18.2 Å². The Labute approximate surface area is 171 Å². The predicted octanol–water partition coefficient (Wildman–Crippen LogP) is 2.28. The molecule has 5 heterocycles. The van der Waals surface area contributed by atoms with Gasteiger partial charge in [0.15, 0.2) is 0 Å². The van der Waals surface area contributed by atoms with Crippen molar-refractivity contribution in [1.29, 1.82) is 0 Å². The molecule has 6 rings (SSSR count). The molecule has 3 aromatic heterocycles. The van der Waals surface area contributed by atoms with E-state index in [9.17, 15) is 0 Å². The van der Waals surface area contributed by atoms with Gasteiger partial charge in [0.1, 0.15) is 23.9 Å². The summed E-state index contributed by atoms with van der Waals surface area (Å²) >= 11 is 0. The van der Waals surface area contributed by atoms with Crippen LogP contribution in [0.2, 0.25) is 0 Å². The molecule has 2 aliphatic rings. The van der Waals surface area contributed by atoms with Gasteiger partial charge < -0.3 is 9.47 Å². The van der Waals surface area contributed by atoms with Crippen molar-refractivity contribution in [3.8, 4) is 17.1 Å². The molecule has 0 N–H and O–H groups in total. The fourth-order valence-corrected chi connectivity index (χ4v) is 3.93. The smallest absolute Gasteiger partial charge is 0.238 e. The molecule has 0 aliphatic carbocycles. The number of ether oxygens (including phenoxy) is 2. The summed E-state index contributed by atoms with van der Waals surface area (Å²) < 4.78 is 15.5. The minimum Gasteiger partial charge on any atom is -0.497 e. The van der Waals surface area contributed by atoms with E-state index in [0.717, 1.165) is 39.8 Å². The van der Waals surface area contributed by atoms with Gasteiger partial charge in [-0.3, -0.25) is 9.55 Å². The monoisotopic (exact) mass is 399 g/mol. The Balaban J connectivity index is 1.43. The van der Waals surface area contributed by atoms with Crippen molar-refractivity contribution in [1.82, 2.24) is 29.5 Å². The van der Waals surface area contributed by atoms with Crippen molar-refractivity contribution in [2.24, 2.45) is 4.99 Å². The number of pyridine rings is 1. The number of nitrogens with zero attached hydrogens (tertiary/aromatic N) is 7. The van der Waals surface area contributed by atoms with Crippen molar-refractivity contribution in [2.75, 3.05) is 13.7 Å². The quantitative estimate of drug-likeness (QED) is 0.462. The maximum Gasteiger partial charge on any atom is 0.238 e. The SMILES string of the molecule is COc1ccc2c(c1)-n1nncc1Cc1c(C3=NCC(c4cccnc4)O3)ncn1-2. The van der Waals surface area contributed by atoms with E-state index in [4.69, 9.17) is 9.47 Å². The normalized spacial score (nSPS) is 16.7. The van der Waals surface area contributed by atoms with Gasteiger partial charge in [-0.25, -0.2) is 14.7 Å². The number of aliphatic imine (C=N–C) groups is 1. The zero-order valence-corrected chi connectivity index (χ0v) is 16.1. The highest BCUT2D eigenvalue weighted by Gasteiger charge is 2.30. The molecule has 0 saturated carbocycles. The van der Waals surface area contributed by atoms with Gasteiger partial charge in [0.2, 0.25) is 5.90 Å². The number of fused-ring (bicyclic) bond motifs is 5. The van der Waals surface area contributed by atoms with E-state index in [0.29, 0.717) is 18.9 Å². The summed E-state index contributed by atoms with van der Waals surface area (Å²) in [6.45, 7) is 0.542. The van der Waals surface area contributed by atoms with Crippen LogP contribution < -0.4 is 4.74 Å². The first-order valence-corrected chi connectivity index (χ1v) is 9.58. The minimum atomic E-state index is -0.152. The number of imidazole rings is 1. The average molecular weight is 399 g/mol. The molecule has 0 fully saturated rings. The topological polar surface area (TPSA) is 92.2 Å². The lowest BCUT2D eigenvalue weighted by molar-refractivity contribution is 0.229. The molecule has 1 atom stereocenters. The molecule has 9 heteroatoms. The Morgan fingerprint density at radius 3 is 3.00 bits per heavy atom. The van der Waals surface area contributed by atoms with E-state index >= 15 is 0 Å². The summed E-state index contributed by atoms with van der Waals surface area (Å²) in [5.74, 6) is 1.30. The number of hydrogen-bond acceptors (Lipinski definition) is 7. The molecule has 0 amide bonds. The van der Waals surface area contributed by atoms with E-state index < -0.39 is 0 Å². The van der Waals surface area contributed by atoms with Crippen LogP contribution in [-0.2, 0) is 11.2 Å². The molecule has 0 radical (unpaired) electrons. The minimum absolute atomic E-state index is 0.152. The summed E-state index contributed by atoms with van der Waals surface area (Å²) in [4.78, 5) is 13.5. The highest BCUT2D eigenvalue weighted by molar-refractivity contribution is 5.95. The molecule has 2 aliphatic heterocycles. The third-order valence-electron chi connectivity index (χ3n) is 5.42. The van der Waals surface area contributed by atoms with Gasteiger partial charge in [0.05, 0.1) is 42.6 Å². The molecule has 0 saturated heterocycles. The van der Waals surface area contributed by atoms with Crippen molar-refractivity contribution in [2.45, 2.75) is 12.5 Å². The van der Waals surface area contributed by atoms with Crippen LogP contribution in [0.15, 0.2) is 60.2 Å². The summed E-state index contributed by atoms with van der Waals surface area (Å²) in [7, 11) is 1.65. The molecule has 148 valence electrons. The third-order valence-corrected chi connectivity index (χ3v) is 5.42. The van der Waals surface area contributed by atoms with Crippen LogP contribution in [0.4, 0.5) is 0 Å². The van der Waals surface area contributed by atoms with Crippen LogP contribution >= 0.6 is 0 Å². The Bertz CT molecular complexity index is 1280. The molecular weight excluding hydrogens is 382 g/mol. The van der Waals surface area contributed by atoms with Crippen LogP contribution in [0.5, 0.6) is 5.75 Å². The zero-order valence-electron chi connectivity index (χ0n) is 16.1. The van der Waals surface area contributed by atoms with E-state index in [1.807, 2.05) is 41.2 Å². The molecule has 30 heavy (non-hydrogen) atoms. The Morgan fingerprint density at radius 2 is 2.13 bits per heavy atom. The first-order valence-electron chi connectivity index (χ1n) is 9.58. The maximum atomic E-state index is 6.17. The molecule has 9 nitrogen and oxygen atoms in total. The Kier molecular flexibility index (Phi) is 3.67. The second-order valence-corrected chi connectivity index (χ2v) is 7.12. The Morgan fingerprint density at radius 1 is 1.17 bits per heavy atom. The van der Waals surface area contributed by atoms with Crippen LogP contribution in [0.1, 0.15) is 28.7 Å². The number of methoxy groups -OCH3 is 1. The van der Waals surface area contributed by atoms with Crippen LogP contribution in [0, 0.1) is 0 Å². The van der Waals surface area contributed by atoms with Gasteiger partial charge in [0.25, 0.3) is 0 Å². The third kappa shape index (κ3) is 2.52. The molecule has 4 aromatic rings. The lowest BCUT2D eigenvalue weighted by Gasteiger charge is -2.12. The van der Waals surface area contributed by atoms with Crippen LogP contribution in [-0.4, -0.2) is 49.1 Å². The first kappa shape index (κ1) is 16.9. The summed E-state index contributed by atoms with van der Waals surface area (Å²) in [6.07, 6.45) is 7.58. The van der Waals surface area contributed by atoms with Crippen LogP contribution in [0.25, 0.3) is 11.4 Å². The Hall–Kier alpha value is -4.01. The second-order valence-electron chi connectivity index (χ2n) is 7.12. The number of benzene rings is 1. The van der Waals surface area contributed by atoms with Crippen molar-refractivity contribution >= 4 is 5.90 Å².